The summed E-state index contributed by atoms with van der Waals surface area (Å²) in [5.41, 5.74) is 5.69. The van der Waals surface area contributed by atoms with Crippen molar-refractivity contribution in [2.24, 2.45) is 11.7 Å². The van der Waals surface area contributed by atoms with Crippen molar-refractivity contribution in [3.63, 3.8) is 0 Å². The number of nitrogens with two attached hydrogens (primary N) is 1. The summed E-state index contributed by atoms with van der Waals surface area (Å²) in [6.45, 7) is 10.8. The molecule has 0 aliphatic heterocycles. The summed E-state index contributed by atoms with van der Waals surface area (Å²) in [6.07, 6.45) is 2.38. The van der Waals surface area contributed by atoms with Crippen molar-refractivity contribution >= 4 is 0 Å². The Morgan fingerprint density at radius 1 is 1.33 bits per heavy atom. The maximum atomic E-state index is 5.44. The lowest BCUT2D eigenvalue weighted by atomic mass is 10.0. The van der Waals surface area contributed by atoms with Gasteiger partial charge in [-0.3, -0.25) is 0 Å². The Hall–Kier alpha value is -0.0800. The predicted molar refractivity (Wildman–Crippen MR) is 55.2 cm³/mol. The average Bonchev–Trinajstić information content (AvgIpc) is 1.95. The van der Waals surface area contributed by atoms with Crippen molar-refractivity contribution in [3.05, 3.63) is 0 Å². The van der Waals surface area contributed by atoms with Gasteiger partial charge in [0.05, 0.1) is 0 Å². The molecule has 0 fully saturated rings. The molecule has 0 spiro atoms. The van der Waals surface area contributed by atoms with Gasteiger partial charge < -0.3 is 11.1 Å². The molecule has 2 nitrogen and oxygen atoms in total. The van der Waals surface area contributed by atoms with E-state index < -0.39 is 0 Å². The highest BCUT2D eigenvalue weighted by molar-refractivity contribution is 4.71. The normalized spacial score (nSPS) is 14.8. The van der Waals surface area contributed by atoms with E-state index in [9.17, 15) is 0 Å². The van der Waals surface area contributed by atoms with Gasteiger partial charge in [-0.15, -0.1) is 0 Å². The lowest BCUT2D eigenvalue weighted by Gasteiger charge is -2.23. The van der Waals surface area contributed by atoms with Crippen LogP contribution in [0.5, 0.6) is 0 Å². The topological polar surface area (TPSA) is 38.0 Å². The Morgan fingerprint density at radius 3 is 2.33 bits per heavy atom. The van der Waals surface area contributed by atoms with Crippen LogP contribution in [-0.2, 0) is 0 Å². The van der Waals surface area contributed by atoms with Crippen LogP contribution in [0.3, 0.4) is 0 Å². The lowest BCUT2D eigenvalue weighted by molar-refractivity contribution is 0.369. The van der Waals surface area contributed by atoms with Gasteiger partial charge in [0.2, 0.25) is 0 Å². The van der Waals surface area contributed by atoms with Crippen molar-refractivity contribution in [2.45, 2.75) is 46.1 Å². The second kappa shape index (κ2) is 5.55. The van der Waals surface area contributed by atoms with Gasteiger partial charge in [-0.05, 0) is 52.6 Å². The van der Waals surface area contributed by atoms with Crippen LogP contribution in [0.15, 0.2) is 0 Å². The third-order valence-electron chi connectivity index (χ3n) is 1.88. The molecule has 0 aromatic rings. The second-order valence-corrected chi connectivity index (χ2v) is 4.67. The average molecular weight is 172 g/mol. The summed E-state index contributed by atoms with van der Waals surface area (Å²) < 4.78 is 0. The summed E-state index contributed by atoms with van der Waals surface area (Å²) in [4.78, 5) is 0. The molecule has 1 unspecified atom stereocenters. The molecule has 0 bridgehead atoms. The van der Waals surface area contributed by atoms with Crippen molar-refractivity contribution in [2.75, 3.05) is 13.1 Å². The first-order valence-corrected chi connectivity index (χ1v) is 4.91. The Morgan fingerprint density at radius 2 is 1.92 bits per heavy atom. The zero-order chi connectivity index (χ0) is 9.61. The van der Waals surface area contributed by atoms with Crippen LogP contribution in [0.2, 0.25) is 0 Å². The second-order valence-electron chi connectivity index (χ2n) is 4.67. The lowest BCUT2D eigenvalue weighted by Crippen LogP contribution is -2.38. The summed E-state index contributed by atoms with van der Waals surface area (Å²) in [5, 5.41) is 3.49. The fraction of sp³-hybridized carbons (Fsp3) is 1.00. The Labute approximate surface area is 76.9 Å². The molecular formula is C10H24N2. The molecular weight excluding hydrogens is 148 g/mol. The minimum Gasteiger partial charge on any atom is -0.330 e. The molecule has 1 atom stereocenters. The standard InChI is InChI=1S/C10H24N2/c1-9(6-5-7-11)8-12-10(2,3)4/h9,12H,5-8,11H2,1-4H3. The van der Waals surface area contributed by atoms with E-state index >= 15 is 0 Å². The van der Waals surface area contributed by atoms with Crippen LogP contribution in [0.1, 0.15) is 40.5 Å². The third kappa shape index (κ3) is 8.02. The molecule has 2 heteroatoms. The van der Waals surface area contributed by atoms with Gasteiger partial charge in [-0.2, -0.15) is 0 Å². The summed E-state index contributed by atoms with van der Waals surface area (Å²) in [5.74, 6) is 0.743. The monoisotopic (exact) mass is 172 g/mol. The highest BCUT2D eigenvalue weighted by Crippen LogP contribution is 2.06. The van der Waals surface area contributed by atoms with Gasteiger partial charge in [-0.1, -0.05) is 6.92 Å². The summed E-state index contributed by atoms with van der Waals surface area (Å²) in [6, 6.07) is 0. The molecule has 0 aromatic carbocycles. The van der Waals surface area contributed by atoms with E-state index in [-0.39, 0.29) is 5.54 Å². The molecule has 3 N–H and O–H groups in total. The maximum Gasteiger partial charge on any atom is 0.00966 e. The first kappa shape index (κ1) is 11.9. The molecule has 0 radical (unpaired) electrons. The zero-order valence-corrected chi connectivity index (χ0v) is 8.98. The van der Waals surface area contributed by atoms with Crippen molar-refractivity contribution in [1.29, 1.82) is 0 Å². The summed E-state index contributed by atoms with van der Waals surface area (Å²) >= 11 is 0. The van der Waals surface area contributed by atoms with E-state index in [0.29, 0.717) is 0 Å². The fourth-order valence-corrected chi connectivity index (χ4v) is 1.05. The SMILES string of the molecule is CC(CCCN)CNC(C)(C)C. The van der Waals surface area contributed by atoms with Crippen LogP contribution >= 0.6 is 0 Å². The summed E-state index contributed by atoms with van der Waals surface area (Å²) in [7, 11) is 0. The zero-order valence-electron chi connectivity index (χ0n) is 8.98. The predicted octanol–water partition coefficient (Wildman–Crippen LogP) is 1.75. The fourth-order valence-electron chi connectivity index (χ4n) is 1.05. The smallest absolute Gasteiger partial charge is 0.00966 e. The molecule has 0 rings (SSSR count). The first-order valence-electron chi connectivity index (χ1n) is 4.91. The maximum absolute atomic E-state index is 5.44. The molecule has 12 heavy (non-hydrogen) atoms. The third-order valence-corrected chi connectivity index (χ3v) is 1.88. The Kier molecular flexibility index (Phi) is 5.51. The van der Waals surface area contributed by atoms with Crippen molar-refractivity contribution in [1.82, 2.24) is 5.32 Å². The van der Waals surface area contributed by atoms with Crippen LogP contribution in [-0.4, -0.2) is 18.6 Å². The largest absolute Gasteiger partial charge is 0.330 e. The highest BCUT2D eigenvalue weighted by atomic mass is 14.9. The van der Waals surface area contributed by atoms with Crippen LogP contribution in [0.25, 0.3) is 0 Å². The van der Waals surface area contributed by atoms with Crippen LogP contribution < -0.4 is 11.1 Å². The van der Waals surface area contributed by atoms with E-state index in [1.165, 1.54) is 6.42 Å². The minimum atomic E-state index is 0.247. The van der Waals surface area contributed by atoms with Crippen LogP contribution in [0.4, 0.5) is 0 Å². The van der Waals surface area contributed by atoms with E-state index in [4.69, 9.17) is 5.73 Å². The molecule has 0 aliphatic carbocycles. The number of nitrogens with one attached hydrogen (secondary N) is 1. The molecule has 0 heterocycles. The van der Waals surface area contributed by atoms with Gasteiger partial charge in [0.25, 0.3) is 0 Å². The quantitative estimate of drug-likeness (QED) is 0.663. The van der Waals surface area contributed by atoms with Crippen molar-refractivity contribution < 1.29 is 0 Å². The number of hydrogen-bond donors (Lipinski definition) is 2. The van der Waals surface area contributed by atoms with Gasteiger partial charge in [0.15, 0.2) is 0 Å². The molecule has 0 saturated heterocycles. The molecule has 0 aliphatic rings. The minimum absolute atomic E-state index is 0.247. The van der Waals surface area contributed by atoms with Crippen LogP contribution in [0, 0.1) is 5.92 Å². The molecule has 0 aromatic heterocycles. The molecule has 74 valence electrons. The van der Waals surface area contributed by atoms with E-state index in [1.54, 1.807) is 0 Å². The first-order chi connectivity index (χ1) is 5.45. The Bertz CT molecular complexity index is 105. The van der Waals surface area contributed by atoms with Gasteiger partial charge >= 0.3 is 0 Å². The highest BCUT2D eigenvalue weighted by Gasteiger charge is 2.10. The van der Waals surface area contributed by atoms with Gasteiger partial charge in [-0.25, -0.2) is 0 Å². The van der Waals surface area contributed by atoms with Crippen molar-refractivity contribution in [3.8, 4) is 0 Å². The van der Waals surface area contributed by atoms with E-state index in [1.807, 2.05) is 0 Å². The Balaban J connectivity index is 3.37. The number of rotatable bonds is 5. The molecule has 0 saturated carbocycles. The number of hydrogen-bond acceptors (Lipinski definition) is 2. The van der Waals surface area contributed by atoms with Gasteiger partial charge in [0.1, 0.15) is 0 Å². The molecule has 0 amide bonds. The van der Waals surface area contributed by atoms with E-state index in [0.717, 1.165) is 25.4 Å². The van der Waals surface area contributed by atoms with Gasteiger partial charge in [0, 0.05) is 5.54 Å². The van der Waals surface area contributed by atoms with E-state index in [2.05, 4.69) is 33.0 Å².